The van der Waals surface area contributed by atoms with E-state index >= 15 is 0 Å². The van der Waals surface area contributed by atoms with Crippen molar-refractivity contribution >= 4 is 59.9 Å². The second-order valence-corrected chi connectivity index (χ2v) is 7.47. The van der Waals surface area contributed by atoms with Gasteiger partial charge in [-0.2, -0.15) is 5.10 Å². The third kappa shape index (κ3) is 5.55. The number of nitrogens with zero attached hydrogens (tertiary/aromatic N) is 1. The predicted molar refractivity (Wildman–Crippen MR) is 108 cm³/mol. The van der Waals surface area contributed by atoms with Gasteiger partial charge >= 0.3 is 0 Å². The van der Waals surface area contributed by atoms with Crippen LogP contribution >= 0.6 is 47.8 Å². The fourth-order valence-electron chi connectivity index (χ4n) is 1.97. The van der Waals surface area contributed by atoms with Crippen molar-refractivity contribution < 1.29 is 14.6 Å². The molecule has 0 fully saturated rings. The minimum absolute atomic E-state index is 0.00477. The second kappa shape index (κ2) is 9.35. The lowest BCUT2D eigenvalue weighted by molar-refractivity contribution is -0.120. The van der Waals surface area contributed by atoms with E-state index in [0.29, 0.717) is 26.9 Å². The van der Waals surface area contributed by atoms with Crippen LogP contribution in [0.1, 0.15) is 18.1 Å². The Morgan fingerprint density at radius 1 is 1.24 bits per heavy atom. The molecule has 0 spiro atoms. The van der Waals surface area contributed by atoms with Crippen molar-refractivity contribution in [2.45, 2.75) is 13.3 Å². The molecule has 2 rings (SSSR count). The molecule has 5 nitrogen and oxygen atoms in total. The summed E-state index contributed by atoms with van der Waals surface area (Å²) >= 11 is 10.0. The quantitative estimate of drug-likeness (QED) is 0.414. The highest BCUT2D eigenvalue weighted by Gasteiger charge is 2.14. The number of amides is 1. The number of benzene rings is 2. The summed E-state index contributed by atoms with van der Waals surface area (Å²) in [6.45, 7) is 2.24. The van der Waals surface area contributed by atoms with Crippen LogP contribution in [0.5, 0.6) is 11.5 Å². The van der Waals surface area contributed by atoms with E-state index in [9.17, 15) is 9.90 Å². The Balaban J connectivity index is 2.06. The molecule has 132 valence electrons. The number of ether oxygens (including phenoxy) is 1. The van der Waals surface area contributed by atoms with Gasteiger partial charge in [-0.3, -0.25) is 4.79 Å². The molecular weight excluding hydrogens is 520 g/mol. The molecule has 1 amide bonds. The van der Waals surface area contributed by atoms with Gasteiger partial charge in [0.25, 0.3) is 0 Å². The van der Waals surface area contributed by atoms with Crippen molar-refractivity contribution in [1.29, 1.82) is 0 Å². The van der Waals surface area contributed by atoms with Crippen LogP contribution in [-0.2, 0) is 11.2 Å². The summed E-state index contributed by atoms with van der Waals surface area (Å²) in [5, 5.41) is 14.0. The van der Waals surface area contributed by atoms with Crippen molar-refractivity contribution in [2.24, 2.45) is 5.10 Å². The lowest BCUT2D eigenvalue weighted by Gasteiger charge is -2.10. The lowest BCUT2D eigenvalue weighted by atomic mass is 10.1. The summed E-state index contributed by atoms with van der Waals surface area (Å²) in [7, 11) is 0. The van der Waals surface area contributed by atoms with Gasteiger partial charge in [-0.25, -0.2) is 5.43 Å². The van der Waals surface area contributed by atoms with Crippen LogP contribution in [0.15, 0.2) is 48.9 Å². The van der Waals surface area contributed by atoms with Crippen molar-refractivity contribution in [3.63, 3.8) is 0 Å². The maximum Gasteiger partial charge on any atom is 0.244 e. The minimum atomic E-state index is -0.224. The van der Waals surface area contributed by atoms with Crippen LogP contribution in [0, 0.1) is 0 Å². The van der Waals surface area contributed by atoms with Crippen LogP contribution in [-0.4, -0.2) is 23.8 Å². The molecule has 2 aromatic rings. The average Bonchev–Trinajstić information content (AvgIpc) is 2.59. The highest BCUT2D eigenvalue weighted by Crippen LogP contribution is 2.41. The van der Waals surface area contributed by atoms with Crippen LogP contribution in [0.3, 0.4) is 0 Å². The highest BCUT2D eigenvalue weighted by atomic mass is 79.9. The molecule has 0 saturated carbocycles. The SMILES string of the molecule is CCOc1cc(/C=N\NC(=O)Cc2ccc(Br)cc2)c(Br)c(Br)c1O. The largest absolute Gasteiger partial charge is 0.503 e. The van der Waals surface area contributed by atoms with Gasteiger partial charge in [0.1, 0.15) is 0 Å². The van der Waals surface area contributed by atoms with Crippen LogP contribution in [0.2, 0.25) is 0 Å². The number of aromatic hydroxyl groups is 1. The Morgan fingerprint density at radius 3 is 2.56 bits per heavy atom. The second-order valence-electron chi connectivity index (χ2n) is 4.97. The standard InChI is InChI=1S/C17H15Br3N2O3/c1-2-25-13-8-11(15(19)16(20)17(13)24)9-21-22-14(23)7-10-3-5-12(18)6-4-10/h3-6,8-9,24H,2,7H2,1H3,(H,22,23)/b21-9-. The summed E-state index contributed by atoms with van der Waals surface area (Å²) in [4.78, 5) is 11.9. The smallest absolute Gasteiger partial charge is 0.244 e. The summed E-state index contributed by atoms with van der Waals surface area (Å²) < 4.78 is 7.41. The number of carbonyl (C=O) groups excluding carboxylic acids is 1. The van der Waals surface area contributed by atoms with E-state index in [2.05, 4.69) is 58.3 Å². The molecule has 0 aromatic heterocycles. The number of hydrazone groups is 1. The number of halogens is 3. The molecule has 2 aromatic carbocycles. The molecule has 0 atom stereocenters. The molecule has 2 N–H and O–H groups in total. The number of hydrogen-bond acceptors (Lipinski definition) is 4. The Labute approximate surface area is 170 Å². The van der Waals surface area contributed by atoms with Crippen molar-refractivity contribution in [3.05, 3.63) is 54.9 Å². The summed E-state index contributed by atoms with van der Waals surface area (Å²) in [6, 6.07) is 9.14. The molecule has 0 saturated heterocycles. The van der Waals surface area contributed by atoms with Crippen molar-refractivity contribution in [2.75, 3.05) is 6.61 Å². The van der Waals surface area contributed by atoms with E-state index in [1.807, 2.05) is 31.2 Å². The van der Waals surface area contributed by atoms with Gasteiger partial charge < -0.3 is 9.84 Å². The number of hydrogen-bond donors (Lipinski definition) is 2. The minimum Gasteiger partial charge on any atom is -0.503 e. The molecule has 0 unspecified atom stereocenters. The fourth-order valence-corrected chi connectivity index (χ4v) is 3.07. The normalized spacial score (nSPS) is 10.9. The first-order chi connectivity index (χ1) is 11.9. The lowest BCUT2D eigenvalue weighted by Crippen LogP contribution is -2.19. The molecule has 25 heavy (non-hydrogen) atoms. The van der Waals surface area contributed by atoms with Gasteiger partial charge in [0, 0.05) is 14.5 Å². The zero-order valence-electron chi connectivity index (χ0n) is 13.2. The number of nitrogens with one attached hydrogen (secondary N) is 1. The molecule has 0 heterocycles. The summed E-state index contributed by atoms with van der Waals surface area (Å²) in [5.41, 5.74) is 4.03. The van der Waals surface area contributed by atoms with E-state index in [-0.39, 0.29) is 18.1 Å². The van der Waals surface area contributed by atoms with Gasteiger partial charge in [-0.15, -0.1) is 0 Å². The van der Waals surface area contributed by atoms with Gasteiger partial charge in [0.2, 0.25) is 5.91 Å². The Bertz CT molecular complexity index is 793. The van der Waals surface area contributed by atoms with Crippen molar-refractivity contribution in [1.82, 2.24) is 5.43 Å². The van der Waals surface area contributed by atoms with E-state index in [0.717, 1.165) is 10.0 Å². The van der Waals surface area contributed by atoms with E-state index in [1.54, 1.807) is 6.07 Å². The molecule has 0 aliphatic heterocycles. The third-order valence-corrected chi connectivity index (χ3v) is 5.83. The van der Waals surface area contributed by atoms with Crippen LogP contribution < -0.4 is 10.2 Å². The third-order valence-electron chi connectivity index (χ3n) is 3.14. The molecule has 0 aliphatic rings. The molecule has 8 heteroatoms. The molecule has 0 aliphatic carbocycles. The molecule has 0 radical (unpaired) electrons. The summed E-state index contributed by atoms with van der Waals surface area (Å²) in [5.74, 6) is 0.114. The van der Waals surface area contributed by atoms with Gasteiger partial charge in [0.15, 0.2) is 11.5 Å². The molecule has 0 bridgehead atoms. The Morgan fingerprint density at radius 2 is 1.92 bits per heavy atom. The number of carbonyl (C=O) groups is 1. The molecular formula is C17H15Br3N2O3. The maximum absolute atomic E-state index is 11.9. The fraction of sp³-hybridized carbons (Fsp3) is 0.176. The monoisotopic (exact) mass is 532 g/mol. The Kier molecular flexibility index (Phi) is 7.46. The number of phenolic OH excluding ortho intramolecular Hbond substituents is 1. The first kappa shape index (κ1) is 19.9. The number of rotatable bonds is 6. The highest BCUT2D eigenvalue weighted by molar-refractivity contribution is 9.13. The zero-order valence-corrected chi connectivity index (χ0v) is 18.0. The van der Waals surface area contributed by atoms with E-state index < -0.39 is 0 Å². The number of phenols is 1. The van der Waals surface area contributed by atoms with Crippen LogP contribution in [0.4, 0.5) is 0 Å². The zero-order chi connectivity index (χ0) is 18.4. The maximum atomic E-state index is 11.9. The summed E-state index contributed by atoms with van der Waals surface area (Å²) in [6.07, 6.45) is 1.71. The van der Waals surface area contributed by atoms with Crippen molar-refractivity contribution in [3.8, 4) is 11.5 Å². The average molecular weight is 535 g/mol. The first-order valence-corrected chi connectivity index (χ1v) is 9.70. The Hall–Kier alpha value is -1.38. The predicted octanol–water partition coefficient (Wildman–Crippen LogP) is 4.77. The topological polar surface area (TPSA) is 70.9 Å². The first-order valence-electron chi connectivity index (χ1n) is 7.32. The van der Waals surface area contributed by atoms with Crippen LogP contribution in [0.25, 0.3) is 0 Å². The van der Waals surface area contributed by atoms with Gasteiger partial charge in [0.05, 0.1) is 23.7 Å². The van der Waals surface area contributed by atoms with E-state index in [4.69, 9.17) is 4.74 Å². The van der Waals surface area contributed by atoms with Gasteiger partial charge in [-0.1, -0.05) is 28.1 Å². The van der Waals surface area contributed by atoms with Gasteiger partial charge in [-0.05, 0) is 62.5 Å². The van der Waals surface area contributed by atoms with E-state index in [1.165, 1.54) is 6.21 Å².